The van der Waals surface area contributed by atoms with Crippen molar-refractivity contribution in [2.75, 3.05) is 0 Å². The number of aliphatic hydroxyl groups is 1. The van der Waals surface area contributed by atoms with Crippen LogP contribution in [-0.4, -0.2) is 10.7 Å². The van der Waals surface area contributed by atoms with Crippen LogP contribution in [-0.2, 0) is 0 Å². The highest BCUT2D eigenvalue weighted by atomic mass is 16.3. The lowest BCUT2D eigenvalue weighted by Gasteiger charge is -2.47. The Morgan fingerprint density at radius 3 is 2.06 bits per heavy atom. The molecule has 4 fully saturated rings. The lowest BCUT2D eigenvalue weighted by molar-refractivity contribution is -0.0917. The summed E-state index contributed by atoms with van der Waals surface area (Å²) in [5, 5.41) is 11.1. The van der Waals surface area contributed by atoms with E-state index in [1.807, 2.05) is 0 Å². The van der Waals surface area contributed by atoms with Gasteiger partial charge in [0.25, 0.3) is 0 Å². The molecule has 102 valence electrons. The molecule has 1 heteroatoms. The molecule has 4 saturated carbocycles. The third-order valence-electron chi connectivity index (χ3n) is 7.27. The molecule has 2 bridgehead atoms. The maximum Gasteiger partial charge on any atom is 0.0679 e. The van der Waals surface area contributed by atoms with Crippen LogP contribution < -0.4 is 0 Å². The average Bonchev–Trinajstić information content (AvgIpc) is 3.10. The molecule has 4 rings (SSSR count). The van der Waals surface area contributed by atoms with E-state index in [2.05, 4.69) is 0 Å². The maximum atomic E-state index is 11.1. The Kier molecular flexibility index (Phi) is 2.60. The fourth-order valence-corrected chi connectivity index (χ4v) is 6.11. The SMILES string of the molecule is OC1(C2CC3CCC2C3)CCC2(CCCC2)CC1. The third-order valence-corrected chi connectivity index (χ3v) is 7.27. The summed E-state index contributed by atoms with van der Waals surface area (Å²) < 4.78 is 0. The maximum absolute atomic E-state index is 11.1. The van der Waals surface area contributed by atoms with Gasteiger partial charge in [-0.15, -0.1) is 0 Å². The van der Waals surface area contributed by atoms with Crippen molar-refractivity contribution in [1.29, 1.82) is 0 Å². The molecular formula is C17H28O. The number of rotatable bonds is 1. The van der Waals surface area contributed by atoms with E-state index in [0.717, 1.165) is 24.7 Å². The number of fused-ring (bicyclic) bond motifs is 2. The molecule has 4 aliphatic carbocycles. The van der Waals surface area contributed by atoms with E-state index in [-0.39, 0.29) is 5.60 Å². The quantitative estimate of drug-likeness (QED) is 0.734. The van der Waals surface area contributed by atoms with Crippen molar-refractivity contribution in [3.05, 3.63) is 0 Å². The molecule has 0 radical (unpaired) electrons. The summed E-state index contributed by atoms with van der Waals surface area (Å²) in [5.74, 6) is 2.54. The number of hydrogen-bond acceptors (Lipinski definition) is 1. The molecule has 0 aromatic carbocycles. The van der Waals surface area contributed by atoms with Gasteiger partial charge < -0.3 is 5.11 Å². The standard InChI is InChI=1S/C17H28O/c18-17(15-12-13-3-4-14(15)11-13)9-7-16(8-10-17)5-1-2-6-16/h13-15,18H,1-12H2. The first-order valence-corrected chi connectivity index (χ1v) is 8.42. The van der Waals surface area contributed by atoms with Gasteiger partial charge in [-0.2, -0.15) is 0 Å². The molecule has 0 heterocycles. The molecule has 1 spiro atoms. The topological polar surface area (TPSA) is 20.2 Å². The minimum Gasteiger partial charge on any atom is -0.390 e. The van der Waals surface area contributed by atoms with Gasteiger partial charge in [0.1, 0.15) is 0 Å². The molecule has 0 aromatic heterocycles. The van der Waals surface area contributed by atoms with E-state index < -0.39 is 0 Å². The highest BCUT2D eigenvalue weighted by molar-refractivity contribution is 5.04. The molecule has 0 amide bonds. The average molecular weight is 248 g/mol. The van der Waals surface area contributed by atoms with Gasteiger partial charge in [-0.3, -0.25) is 0 Å². The van der Waals surface area contributed by atoms with Crippen LogP contribution in [0.15, 0.2) is 0 Å². The second-order valence-corrected chi connectivity index (χ2v) is 8.09. The van der Waals surface area contributed by atoms with E-state index in [1.165, 1.54) is 64.2 Å². The Morgan fingerprint density at radius 2 is 1.50 bits per heavy atom. The van der Waals surface area contributed by atoms with Crippen molar-refractivity contribution in [2.24, 2.45) is 23.2 Å². The van der Waals surface area contributed by atoms with Crippen LogP contribution in [0.2, 0.25) is 0 Å². The highest BCUT2D eigenvalue weighted by Crippen LogP contribution is 2.59. The molecule has 3 atom stereocenters. The largest absolute Gasteiger partial charge is 0.390 e. The minimum absolute atomic E-state index is 0.256. The lowest BCUT2D eigenvalue weighted by atomic mass is 9.62. The van der Waals surface area contributed by atoms with E-state index in [4.69, 9.17) is 0 Å². The fraction of sp³-hybridized carbons (Fsp3) is 1.00. The Morgan fingerprint density at radius 1 is 0.778 bits per heavy atom. The van der Waals surface area contributed by atoms with Crippen LogP contribution in [0.4, 0.5) is 0 Å². The van der Waals surface area contributed by atoms with Crippen LogP contribution in [0.3, 0.4) is 0 Å². The van der Waals surface area contributed by atoms with Crippen LogP contribution in [0.1, 0.15) is 77.0 Å². The summed E-state index contributed by atoms with van der Waals surface area (Å²) in [4.78, 5) is 0. The summed E-state index contributed by atoms with van der Waals surface area (Å²) in [6.07, 6.45) is 16.4. The normalized spacial score (nSPS) is 44.8. The van der Waals surface area contributed by atoms with Gasteiger partial charge in [0.2, 0.25) is 0 Å². The first kappa shape index (κ1) is 11.8. The van der Waals surface area contributed by atoms with Crippen molar-refractivity contribution in [1.82, 2.24) is 0 Å². The van der Waals surface area contributed by atoms with Crippen molar-refractivity contribution in [3.8, 4) is 0 Å². The molecule has 0 saturated heterocycles. The Labute approximate surface area is 111 Å². The van der Waals surface area contributed by atoms with Crippen molar-refractivity contribution in [2.45, 2.75) is 82.7 Å². The van der Waals surface area contributed by atoms with Gasteiger partial charge >= 0.3 is 0 Å². The van der Waals surface area contributed by atoms with E-state index in [1.54, 1.807) is 0 Å². The molecule has 1 nitrogen and oxygen atoms in total. The van der Waals surface area contributed by atoms with Crippen LogP contribution >= 0.6 is 0 Å². The zero-order valence-electron chi connectivity index (χ0n) is 11.7. The van der Waals surface area contributed by atoms with Crippen molar-refractivity contribution >= 4 is 0 Å². The van der Waals surface area contributed by atoms with Gasteiger partial charge in [0.05, 0.1) is 5.60 Å². The Bertz CT molecular complexity index is 319. The van der Waals surface area contributed by atoms with Gasteiger partial charge in [0.15, 0.2) is 0 Å². The zero-order chi connectivity index (χ0) is 12.2. The molecule has 0 aromatic rings. The van der Waals surface area contributed by atoms with E-state index >= 15 is 0 Å². The fourth-order valence-electron chi connectivity index (χ4n) is 6.11. The predicted molar refractivity (Wildman–Crippen MR) is 73.3 cm³/mol. The van der Waals surface area contributed by atoms with Crippen LogP contribution in [0.5, 0.6) is 0 Å². The van der Waals surface area contributed by atoms with Gasteiger partial charge in [-0.25, -0.2) is 0 Å². The zero-order valence-corrected chi connectivity index (χ0v) is 11.7. The second kappa shape index (κ2) is 3.98. The molecule has 3 unspecified atom stereocenters. The monoisotopic (exact) mass is 248 g/mol. The van der Waals surface area contributed by atoms with E-state index in [9.17, 15) is 5.11 Å². The van der Waals surface area contributed by atoms with Gasteiger partial charge in [0, 0.05) is 0 Å². The van der Waals surface area contributed by atoms with Gasteiger partial charge in [-0.05, 0) is 81.0 Å². The summed E-state index contributed by atoms with van der Waals surface area (Å²) in [5.41, 5.74) is 0.414. The van der Waals surface area contributed by atoms with Gasteiger partial charge in [-0.1, -0.05) is 19.3 Å². The lowest BCUT2D eigenvalue weighted by Crippen LogP contribution is -2.46. The Balaban J connectivity index is 1.46. The second-order valence-electron chi connectivity index (χ2n) is 8.09. The van der Waals surface area contributed by atoms with Crippen LogP contribution in [0, 0.1) is 23.2 Å². The summed E-state index contributed by atoms with van der Waals surface area (Å²) in [6, 6.07) is 0. The predicted octanol–water partition coefficient (Wildman–Crippen LogP) is 4.29. The summed E-state index contributed by atoms with van der Waals surface area (Å²) in [6.45, 7) is 0. The third kappa shape index (κ3) is 1.69. The molecule has 4 aliphatic rings. The first-order chi connectivity index (χ1) is 8.69. The van der Waals surface area contributed by atoms with Crippen molar-refractivity contribution < 1.29 is 5.11 Å². The first-order valence-electron chi connectivity index (χ1n) is 8.42. The van der Waals surface area contributed by atoms with E-state index in [0.29, 0.717) is 11.3 Å². The Hall–Kier alpha value is -0.0400. The number of hydrogen-bond donors (Lipinski definition) is 1. The van der Waals surface area contributed by atoms with Crippen molar-refractivity contribution in [3.63, 3.8) is 0 Å². The molecule has 1 N–H and O–H groups in total. The smallest absolute Gasteiger partial charge is 0.0679 e. The summed E-state index contributed by atoms with van der Waals surface area (Å²) in [7, 11) is 0. The summed E-state index contributed by atoms with van der Waals surface area (Å²) >= 11 is 0. The molecule has 18 heavy (non-hydrogen) atoms. The highest BCUT2D eigenvalue weighted by Gasteiger charge is 2.52. The van der Waals surface area contributed by atoms with Crippen LogP contribution in [0.25, 0.3) is 0 Å². The molecular weight excluding hydrogens is 220 g/mol. The minimum atomic E-state index is -0.256. The molecule has 0 aliphatic heterocycles.